The van der Waals surface area contributed by atoms with Gasteiger partial charge in [-0.25, -0.2) is 9.78 Å². The predicted molar refractivity (Wildman–Crippen MR) is 83.1 cm³/mol. The van der Waals surface area contributed by atoms with Crippen LogP contribution in [0.2, 0.25) is 0 Å². The highest BCUT2D eigenvalue weighted by atomic mass is 19.4. The van der Waals surface area contributed by atoms with E-state index in [0.717, 1.165) is 12.8 Å². The molecule has 0 aliphatic heterocycles. The molecular weight excluding hydrogens is 337 g/mol. The van der Waals surface area contributed by atoms with Crippen LogP contribution in [-0.4, -0.2) is 34.8 Å². The van der Waals surface area contributed by atoms with E-state index in [-0.39, 0.29) is 23.8 Å². The van der Waals surface area contributed by atoms with Crippen molar-refractivity contribution in [3.63, 3.8) is 0 Å². The van der Waals surface area contributed by atoms with Crippen LogP contribution >= 0.6 is 0 Å². The van der Waals surface area contributed by atoms with E-state index >= 15 is 0 Å². The quantitative estimate of drug-likeness (QED) is 0.848. The summed E-state index contributed by atoms with van der Waals surface area (Å²) >= 11 is 0. The molecule has 0 saturated heterocycles. The molecule has 25 heavy (non-hydrogen) atoms. The van der Waals surface area contributed by atoms with Crippen molar-refractivity contribution in [3.05, 3.63) is 17.6 Å². The highest BCUT2D eigenvalue weighted by molar-refractivity contribution is 5.74. The van der Waals surface area contributed by atoms with Crippen LogP contribution in [0.15, 0.2) is 6.07 Å². The molecule has 1 aromatic rings. The number of alkyl halides is 3. The van der Waals surface area contributed by atoms with Gasteiger partial charge in [0.1, 0.15) is 5.82 Å². The van der Waals surface area contributed by atoms with Gasteiger partial charge in [-0.3, -0.25) is 0 Å². The van der Waals surface area contributed by atoms with Crippen molar-refractivity contribution < 1.29 is 22.7 Å². The molecule has 138 valence electrons. The lowest BCUT2D eigenvalue weighted by atomic mass is 9.77. The molecule has 6 nitrogen and oxygen atoms in total. The zero-order valence-corrected chi connectivity index (χ0v) is 14.1. The van der Waals surface area contributed by atoms with Crippen LogP contribution in [0.3, 0.4) is 0 Å². The summed E-state index contributed by atoms with van der Waals surface area (Å²) in [7, 11) is 0. The normalized spacial score (nSPS) is 19.9. The van der Waals surface area contributed by atoms with Crippen molar-refractivity contribution in [2.45, 2.75) is 57.8 Å². The Hall–Kier alpha value is -2.06. The van der Waals surface area contributed by atoms with Gasteiger partial charge in [0.2, 0.25) is 5.88 Å². The standard InChI is InChI=1S/C16H21F3N4O2/c1-9(20-14(24)23-11-6-15(7-11)3-4-15)12-5-13(22-10(2)21-12)25-8-16(17,18)19/h5,9,11H,3-4,6-8H2,1-2H3,(H2,20,23,24). The van der Waals surface area contributed by atoms with Gasteiger partial charge in [0.05, 0.1) is 11.7 Å². The summed E-state index contributed by atoms with van der Waals surface area (Å²) in [6, 6.07) is 0.728. The van der Waals surface area contributed by atoms with Crippen molar-refractivity contribution >= 4 is 6.03 Å². The molecule has 9 heteroatoms. The van der Waals surface area contributed by atoms with Gasteiger partial charge in [0.15, 0.2) is 6.61 Å². The molecule has 2 aliphatic carbocycles. The fourth-order valence-electron chi connectivity index (χ4n) is 3.18. The monoisotopic (exact) mass is 358 g/mol. The number of hydrogen-bond acceptors (Lipinski definition) is 4. The average molecular weight is 358 g/mol. The number of aromatic nitrogens is 2. The predicted octanol–water partition coefficient (Wildman–Crippen LogP) is 3.03. The Labute approximate surface area is 143 Å². The van der Waals surface area contributed by atoms with E-state index in [0.29, 0.717) is 11.1 Å². The number of ether oxygens (including phenoxy) is 1. The van der Waals surface area contributed by atoms with E-state index < -0.39 is 18.8 Å². The van der Waals surface area contributed by atoms with E-state index in [1.165, 1.54) is 18.9 Å². The molecule has 2 saturated carbocycles. The van der Waals surface area contributed by atoms with Crippen LogP contribution in [0.25, 0.3) is 0 Å². The third-order valence-corrected chi connectivity index (χ3v) is 4.66. The molecule has 1 aromatic heterocycles. The lowest BCUT2D eigenvalue weighted by Crippen LogP contribution is -2.49. The van der Waals surface area contributed by atoms with Crippen LogP contribution in [0, 0.1) is 12.3 Å². The van der Waals surface area contributed by atoms with Gasteiger partial charge in [0.25, 0.3) is 0 Å². The molecule has 1 atom stereocenters. The lowest BCUT2D eigenvalue weighted by Gasteiger charge is -2.36. The van der Waals surface area contributed by atoms with E-state index in [4.69, 9.17) is 0 Å². The van der Waals surface area contributed by atoms with Gasteiger partial charge in [-0.15, -0.1) is 0 Å². The number of carbonyl (C=O) groups excluding carboxylic acids is 1. The average Bonchev–Trinajstić information content (AvgIpc) is 3.24. The number of halogens is 3. The molecule has 1 spiro atoms. The summed E-state index contributed by atoms with van der Waals surface area (Å²) in [5.41, 5.74) is 0.894. The molecule has 0 radical (unpaired) electrons. The number of carbonyl (C=O) groups is 1. The number of nitrogens with zero attached hydrogens (tertiary/aromatic N) is 2. The first-order valence-electron chi connectivity index (χ1n) is 8.26. The minimum atomic E-state index is -4.44. The summed E-state index contributed by atoms with van der Waals surface area (Å²) in [6.07, 6.45) is 0.117. The molecule has 0 aromatic carbocycles. The number of nitrogens with one attached hydrogen (secondary N) is 2. The second-order valence-corrected chi connectivity index (χ2v) is 7.03. The topological polar surface area (TPSA) is 76.1 Å². The van der Waals surface area contributed by atoms with Crippen LogP contribution in [0.1, 0.15) is 50.2 Å². The number of amides is 2. The summed E-state index contributed by atoms with van der Waals surface area (Å²) < 4.78 is 41.4. The lowest BCUT2D eigenvalue weighted by molar-refractivity contribution is -0.154. The van der Waals surface area contributed by atoms with E-state index in [9.17, 15) is 18.0 Å². The van der Waals surface area contributed by atoms with Crippen molar-refractivity contribution in [2.24, 2.45) is 5.41 Å². The van der Waals surface area contributed by atoms with Crippen molar-refractivity contribution in [3.8, 4) is 5.88 Å². The Morgan fingerprint density at radius 3 is 2.68 bits per heavy atom. The maximum absolute atomic E-state index is 12.3. The third-order valence-electron chi connectivity index (χ3n) is 4.66. The van der Waals surface area contributed by atoms with Gasteiger partial charge in [-0.05, 0) is 44.9 Å². The first-order valence-corrected chi connectivity index (χ1v) is 8.26. The third kappa shape index (κ3) is 4.73. The maximum Gasteiger partial charge on any atom is 0.422 e. The van der Waals surface area contributed by atoms with Gasteiger partial charge >= 0.3 is 12.2 Å². The molecule has 1 heterocycles. The fourth-order valence-corrected chi connectivity index (χ4v) is 3.18. The van der Waals surface area contributed by atoms with Crippen LogP contribution in [0.4, 0.5) is 18.0 Å². The summed E-state index contributed by atoms with van der Waals surface area (Å²) in [4.78, 5) is 20.0. The van der Waals surface area contributed by atoms with Crippen LogP contribution in [-0.2, 0) is 0 Å². The van der Waals surface area contributed by atoms with Crippen LogP contribution in [0.5, 0.6) is 5.88 Å². The smallest absolute Gasteiger partial charge is 0.422 e. The summed E-state index contributed by atoms with van der Waals surface area (Å²) in [5.74, 6) is 0.113. The number of aryl methyl sites for hydroxylation is 1. The highest BCUT2D eigenvalue weighted by Gasteiger charge is 2.53. The number of hydrogen-bond donors (Lipinski definition) is 2. The van der Waals surface area contributed by atoms with Gasteiger partial charge < -0.3 is 15.4 Å². The van der Waals surface area contributed by atoms with Gasteiger partial charge in [-0.1, -0.05) is 0 Å². The first-order chi connectivity index (χ1) is 11.6. The van der Waals surface area contributed by atoms with Crippen molar-refractivity contribution in [2.75, 3.05) is 6.61 Å². The maximum atomic E-state index is 12.3. The van der Waals surface area contributed by atoms with Gasteiger partial charge in [-0.2, -0.15) is 18.2 Å². The molecule has 3 rings (SSSR count). The molecule has 2 amide bonds. The Kier molecular flexibility index (Phi) is 4.51. The van der Waals surface area contributed by atoms with Crippen LogP contribution < -0.4 is 15.4 Å². The minimum absolute atomic E-state index is 0.163. The molecular formula is C16H21F3N4O2. The van der Waals surface area contributed by atoms with E-state index in [1.54, 1.807) is 13.8 Å². The largest absolute Gasteiger partial charge is 0.468 e. The Morgan fingerprint density at radius 2 is 2.08 bits per heavy atom. The van der Waals surface area contributed by atoms with Gasteiger partial charge in [0, 0.05) is 12.1 Å². The second kappa shape index (κ2) is 6.34. The molecule has 0 bridgehead atoms. The molecule has 2 N–H and O–H groups in total. The minimum Gasteiger partial charge on any atom is -0.468 e. The Balaban J connectivity index is 1.54. The fraction of sp³-hybridized carbons (Fsp3) is 0.688. The molecule has 1 unspecified atom stereocenters. The highest BCUT2D eigenvalue weighted by Crippen LogP contribution is 2.60. The number of rotatable bonds is 5. The van der Waals surface area contributed by atoms with Crippen molar-refractivity contribution in [1.29, 1.82) is 0 Å². The first kappa shape index (κ1) is 17.8. The van der Waals surface area contributed by atoms with E-state index in [1.807, 2.05) is 0 Å². The van der Waals surface area contributed by atoms with E-state index in [2.05, 4.69) is 25.3 Å². The number of urea groups is 1. The Bertz CT molecular complexity index is 653. The SMILES string of the molecule is Cc1nc(OCC(F)(F)F)cc(C(C)NC(=O)NC2CC3(CC3)C2)n1. The Morgan fingerprint density at radius 1 is 1.40 bits per heavy atom. The molecule has 2 fully saturated rings. The summed E-state index contributed by atoms with van der Waals surface area (Å²) in [5, 5.41) is 5.67. The zero-order chi connectivity index (χ0) is 18.2. The molecule has 2 aliphatic rings. The second-order valence-electron chi connectivity index (χ2n) is 7.03. The van der Waals surface area contributed by atoms with Crippen molar-refractivity contribution in [1.82, 2.24) is 20.6 Å². The summed E-state index contributed by atoms with van der Waals surface area (Å²) in [6.45, 7) is 1.84. The zero-order valence-electron chi connectivity index (χ0n) is 14.1.